The van der Waals surface area contributed by atoms with E-state index in [0.717, 1.165) is 32.7 Å². The molecule has 1 atom stereocenters. The maximum Gasteiger partial charge on any atom is 0.0636 e. The SMILES string of the molecule is CCN(CC)c1ccc(CNCCNCC(C)O)cc1. The van der Waals surface area contributed by atoms with E-state index in [9.17, 15) is 0 Å². The van der Waals surface area contributed by atoms with Crippen molar-refractivity contribution in [3.63, 3.8) is 0 Å². The second kappa shape index (κ2) is 9.75. The lowest BCUT2D eigenvalue weighted by Crippen LogP contribution is -2.31. The van der Waals surface area contributed by atoms with E-state index in [-0.39, 0.29) is 6.10 Å². The fourth-order valence-electron chi connectivity index (χ4n) is 2.13. The highest BCUT2D eigenvalue weighted by atomic mass is 16.3. The second-order valence-corrected chi connectivity index (χ2v) is 5.07. The number of aliphatic hydroxyl groups is 1. The van der Waals surface area contributed by atoms with Gasteiger partial charge in [0.25, 0.3) is 0 Å². The van der Waals surface area contributed by atoms with E-state index < -0.39 is 0 Å². The topological polar surface area (TPSA) is 47.5 Å². The Balaban J connectivity index is 2.24. The van der Waals surface area contributed by atoms with E-state index in [1.165, 1.54) is 11.3 Å². The number of rotatable bonds is 10. The molecule has 0 saturated heterocycles. The zero-order valence-corrected chi connectivity index (χ0v) is 13.0. The molecule has 0 bridgehead atoms. The van der Waals surface area contributed by atoms with Crippen LogP contribution < -0.4 is 15.5 Å². The van der Waals surface area contributed by atoms with Gasteiger partial charge in [0.15, 0.2) is 0 Å². The number of hydrogen-bond donors (Lipinski definition) is 3. The van der Waals surface area contributed by atoms with Gasteiger partial charge in [-0.1, -0.05) is 12.1 Å². The third-order valence-corrected chi connectivity index (χ3v) is 3.31. The van der Waals surface area contributed by atoms with Gasteiger partial charge in [0.2, 0.25) is 0 Å². The summed E-state index contributed by atoms with van der Waals surface area (Å²) < 4.78 is 0. The van der Waals surface area contributed by atoms with Crippen LogP contribution in [0, 0.1) is 0 Å². The van der Waals surface area contributed by atoms with Crippen LogP contribution in [-0.2, 0) is 6.54 Å². The summed E-state index contributed by atoms with van der Waals surface area (Å²) in [5, 5.41) is 15.7. The van der Waals surface area contributed by atoms with Gasteiger partial charge in [-0.15, -0.1) is 0 Å². The Hall–Kier alpha value is -1.10. The average molecular weight is 279 g/mol. The quantitative estimate of drug-likeness (QED) is 0.569. The van der Waals surface area contributed by atoms with Crippen LogP contribution in [0.1, 0.15) is 26.3 Å². The smallest absolute Gasteiger partial charge is 0.0636 e. The standard InChI is InChI=1S/C16H29N3O/c1-4-19(5-2)16-8-6-15(7-9-16)13-18-11-10-17-12-14(3)20/h6-9,14,17-18,20H,4-5,10-13H2,1-3H3. The van der Waals surface area contributed by atoms with Gasteiger partial charge < -0.3 is 20.6 Å². The zero-order chi connectivity index (χ0) is 14.8. The van der Waals surface area contributed by atoms with Crippen molar-refractivity contribution < 1.29 is 5.11 Å². The molecular weight excluding hydrogens is 250 g/mol. The molecule has 4 heteroatoms. The van der Waals surface area contributed by atoms with Crippen molar-refractivity contribution in [2.24, 2.45) is 0 Å². The average Bonchev–Trinajstić information content (AvgIpc) is 2.45. The van der Waals surface area contributed by atoms with Gasteiger partial charge in [-0.25, -0.2) is 0 Å². The summed E-state index contributed by atoms with van der Waals surface area (Å²) in [6, 6.07) is 8.75. The lowest BCUT2D eigenvalue weighted by molar-refractivity contribution is 0.191. The number of benzene rings is 1. The third kappa shape index (κ3) is 6.37. The summed E-state index contributed by atoms with van der Waals surface area (Å²) in [6.45, 7) is 11.6. The molecule has 0 aromatic heterocycles. The van der Waals surface area contributed by atoms with Crippen LogP contribution >= 0.6 is 0 Å². The molecule has 4 nitrogen and oxygen atoms in total. The molecule has 1 rings (SSSR count). The van der Waals surface area contributed by atoms with Crippen LogP contribution in [0.15, 0.2) is 24.3 Å². The lowest BCUT2D eigenvalue weighted by Gasteiger charge is -2.21. The number of nitrogens with one attached hydrogen (secondary N) is 2. The van der Waals surface area contributed by atoms with Crippen LogP contribution in [0.25, 0.3) is 0 Å². The van der Waals surface area contributed by atoms with Crippen molar-refractivity contribution in [1.29, 1.82) is 0 Å². The zero-order valence-electron chi connectivity index (χ0n) is 13.0. The highest BCUT2D eigenvalue weighted by molar-refractivity contribution is 5.47. The van der Waals surface area contributed by atoms with Crippen molar-refractivity contribution in [3.8, 4) is 0 Å². The molecule has 0 aliphatic heterocycles. The Morgan fingerprint density at radius 2 is 1.65 bits per heavy atom. The van der Waals surface area contributed by atoms with Crippen LogP contribution in [-0.4, -0.2) is 43.9 Å². The first-order chi connectivity index (χ1) is 9.67. The summed E-state index contributed by atoms with van der Waals surface area (Å²) in [5.41, 5.74) is 2.59. The van der Waals surface area contributed by atoms with Gasteiger partial charge in [-0.3, -0.25) is 0 Å². The normalized spacial score (nSPS) is 12.4. The fourth-order valence-corrected chi connectivity index (χ4v) is 2.13. The Morgan fingerprint density at radius 3 is 2.20 bits per heavy atom. The van der Waals surface area contributed by atoms with Crippen molar-refractivity contribution in [2.75, 3.05) is 37.6 Å². The number of aliphatic hydroxyl groups excluding tert-OH is 1. The molecular formula is C16H29N3O. The van der Waals surface area contributed by atoms with Crippen molar-refractivity contribution in [3.05, 3.63) is 29.8 Å². The fraction of sp³-hybridized carbons (Fsp3) is 0.625. The highest BCUT2D eigenvalue weighted by Gasteiger charge is 2.01. The molecule has 0 radical (unpaired) electrons. The van der Waals surface area contributed by atoms with Gasteiger partial charge in [0.05, 0.1) is 6.10 Å². The monoisotopic (exact) mass is 279 g/mol. The first kappa shape index (κ1) is 17.0. The third-order valence-electron chi connectivity index (χ3n) is 3.31. The first-order valence-electron chi connectivity index (χ1n) is 7.60. The molecule has 0 amide bonds. The van der Waals surface area contributed by atoms with E-state index >= 15 is 0 Å². The molecule has 0 saturated carbocycles. The van der Waals surface area contributed by atoms with Gasteiger partial charge in [-0.2, -0.15) is 0 Å². The minimum Gasteiger partial charge on any atom is -0.392 e. The molecule has 114 valence electrons. The summed E-state index contributed by atoms with van der Waals surface area (Å²) >= 11 is 0. The predicted molar refractivity (Wildman–Crippen MR) is 86.3 cm³/mol. The van der Waals surface area contributed by atoms with E-state index in [1.807, 2.05) is 0 Å². The van der Waals surface area contributed by atoms with Crippen LogP contribution in [0.3, 0.4) is 0 Å². The van der Waals surface area contributed by atoms with E-state index in [2.05, 4.69) is 53.6 Å². The Kier molecular flexibility index (Phi) is 8.26. The maximum atomic E-state index is 9.11. The molecule has 1 unspecified atom stereocenters. The summed E-state index contributed by atoms with van der Waals surface area (Å²) in [7, 11) is 0. The van der Waals surface area contributed by atoms with Crippen LogP contribution in [0.2, 0.25) is 0 Å². The van der Waals surface area contributed by atoms with Gasteiger partial charge >= 0.3 is 0 Å². The summed E-state index contributed by atoms with van der Waals surface area (Å²) in [5.74, 6) is 0. The lowest BCUT2D eigenvalue weighted by atomic mass is 10.2. The van der Waals surface area contributed by atoms with Crippen molar-refractivity contribution in [2.45, 2.75) is 33.4 Å². The minimum absolute atomic E-state index is 0.275. The molecule has 1 aromatic carbocycles. The van der Waals surface area contributed by atoms with Crippen molar-refractivity contribution >= 4 is 5.69 Å². The molecule has 0 spiro atoms. The van der Waals surface area contributed by atoms with Gasteiger partial charge in [-0.05, 0) is 38.5 Å². The maximum absolute atomic E-state index is 9.11. The Bertz CT molecular complexity index is 347. The van der Waals surface area contributed by atoms with Crippen LogP contribution in [0.4, 0.5) is 5.69 Å². The first-order valence-corrected chi connectivity index (χ1v) is 7.60. The summed E-state index contributed by atoms with van der Waals surface area (Å²) in [6.07, 6.45) is -0.275. The van der Waals surface area contributed by atoms with E-state index in [1.54, 1.807) is 6.92 Å². The Labute approximate surface area is 123 Å². The molecule has 1 aromatic rings. The van der Waals surface area contributed by atoms with Crippen LogP contribution in [0.5, 0.6) is 0 Å². The molecule has 0 heterocycles. The number of hydrogen-bond acceptors (Lipinski definition) is 4. The minimum atomic E-state index is -0.275. The van der Waals surface area contributed by atoms with Crippen molar-refractivity contribution in [1.82, 2.24) is 10.6 Å². The van der Waals surface area contributed by atoms with Gasteiger partial charge in [0, 0.05) is 45.0 Å². The highest BCUT2D eigenvalue weighted by Crippen LogP contribution is 2.14. The predicted octanol–water partition coefficient (Wildman–Crippen LogP) is 1.59. The second-order valence-electron chi connectivity index (χ2n) is 5.07. The molecule has 20 heavy (non-hydrogen) atoms. The molecule has 0 aliphatic carbocycles. The Morgan fingerprint density at radius 1 is 1.05 bits per heavy atom. The molecule has 0 aliphatic rings. The number of nitrogens with zero attached hydrogens (tertiary/aromatic N) is 1. The number of anilines is 1. The van der Waals surface area contributed by atoms with E-state index in [0.29, 0.717) is 6.54 Å². The molecule has 3 N–H and O–H groups in total. The van der Waals surface area contributed by atoms with Gasteiger partial charge in [0.1, 0.15) is 0 Å². The van der Waals surface area contributed by atoms with E-state index in [4.69, 9.17) is 5.11 Å². The largest absolute Gasteiger partial charge is 0.392 e. The molecule has 0 fully saturated rings. The summed E-state index contributed by atoms with van der Waals surface area (Å²) in [4.78, 5) is 2.34.